The molecule has 0 aliphatic heterocycles. The van der Waals surface area contributed by atoms with Gasteiger partial charge in [0, 0.05) is 0 Å². The van der Waals surface area contributed by atoms with Crippen molar-refractivity contribution in [3.63, 3.8) is 0 Å². The quantitative estimate of drug-likeness (QED) is 0.661. The summed E-state index contributed by atoms with van der Waals surface area (Å²) in [4.78, 5) is 0. The van der Waals surface area contributed by atoms with Gasteiger partial charge in [-0.3, -0.25) is 11.3 Å². The maximum atomic E-state index is 5.86. The van der Waals surface area contributed by atoms with Crippen molar-refractivity contribution in [2.24, 2.45) is 11.3 Å². The van der Waals surface area contributed by atoms with Crippen LogP contribution in [-0.4, -0.2) is 15.0 Å². The topological polar surface area (TPSA) is 68.8 Å². The number of benzene rings is 1. The first-order valence-corrected chi connectivity index (χ1v) is 7.17. The number of nitrogens with one attached hydrogen (secondary N) is 1. The summed E-state index contributed by atoms with van der Waals surface area (Å²) < 4.78 is 1.88. The average Bonchev–Trinajstić information content (AvgIpc) is 3.11. The molecule has 0 spiro atoms. The number of aromatic nitrogens is 3. The minimum atomic E-state index is 0.0696. The predicted molar refractivity (Wildman–Crippen MR) is 78.0 cm³/mol. The van der Waals surface area contributed by atoms with E-state index in [-0.39, 0.29) is 11.5 Å². The van der Waals surface area contributed by atoms with Crippen LogP contribution in [0.4, 0.5) is 0 Å². The molecule has 1 aliphatic carbocycles. The van der Waals surface area contributed by atoms with Crippen LogP contribution < -0.4 is 11.3 Å². The van der Waals surface area contributed by atoms with Crippen molar-refractivity contribution in [3.8, 4) is 5.69 Å². The molecule has 1 atom stereocenters. The normalized spacial score (nSPS) is 19.1. The summed E-state index contributed by atoms with van der Waals surface area (Å²) in [5.41, 5.74) is 5.21. The summed E-state index contributed by atoms with van der Waals surface area (Å²) in [5, 5.41) is 8.32. The van der Waals surface area contributed by atoms with Crippen LogP contribution in [0.3, 0.4) is 0 Å². The van der Waals surface area contributed by atoms with Crippen LogP contribution in [0.15, 0.2) is 36.5 Å². The molecule has 5 nitrogen and oxygen atoms in total. The predicted octanol–water partition coefficient (Wildman–Crippen LogP) is 2.35. The Kier molecular flexibility index (Phi) is 3.54. The summed E-state index contributed by atoms with van der Waals surface area (Å²) in [5.74, 6) is 5.86. The second-order valence-electron chi connectivity index (χ2n) is 5.87. The van der Waals surface area contributed by atoms with Gasteiger partial charge >= 0.3 is 0 Å². The van der Waals surface area contributed by atoms with Crippen LogP contribution in [0.1, 0.15) is 44.3 Å². The molecule has 106 valence electrons. The zero-order valence-electron chi connectivity index (χ0n) is 11.8. The molecule has 3 N–H and O–H groups in total. The summed E-state index contributed by atoms with van der Waals surface area (Å²) in [6.07, 6.45) is 6.72. The molecule has 1 aromatic heterocycles. The lowest BCUT2D eigenvalue weighted by molar-refractivity contribution is 0.218. The van der Waals surface area contributed by atoms with Crippen LogP contribution in [0.25, 0.3) is 5.69 Å². The van der Waals surface area contributed by atoms with E-state index in [4.69, 9.17) is 5.84 Å². The molecule has 1 heterocycles. The third kappa shape index (κ3) is 2.23. The number of hydrogen-bond donors (Lipinski definition) is 2. The fraction of sp³-hybridized carbons (Fsp3) is 0.467. The van der Waals surface area contributed by atoms with Crippen LogP contribution in [0, 0.1) is 5.41 Å². The summed E-state index contributed by atoms with van der Waals surface area (Å²) >= 11 is 0. The van der Waals surface area contributed by atoms with Gasteiger partial charge in [0.25, 0.3) is 0 Å². The van der Waals surface area contributed by atoms with Gasteiger partial charge in [-0.15, -0.1) is 5.10 Å². The molecule has 5 heteroatoms. The lowest BCUT2D eigenvalue weighted by Crippen LogP contribution is -2.39. The zero-order chi connectivity index (χ0) is 14.0. The first kappa shape index (κ1) is 13.3. The van der Waals surface area contributed by atoms with E-state index in [9.17, 15) is 0 Å². The highest BCUT2D eigenvalue weighted by Crippen LogP contribution is 2.46. The van der Waals surface area contributed by atoms with Crippen molar-refractivity contribution >= 4 is 0 Å². The number of hydrazine groups is 1. The van der Waals surface area contributed by atoms with E-state index in [1.54, 1.807) is 0 Å². The second-order valence-corrected chi connectivity index (χ2v) is 5.87. The van der Waals surface area contributed by atoms with Crippen molar-refractivity contribution in [2.75, 3.05) is 0 Å². The van der Waals surface area contributed by atoms with Crippen LogP contribution in [0.2, 0.25) is 0 Å². The molecule has 20 heavy (non-hydrogen) atoms. The van der Waals surface area contributed by atoms with Gasteiger partial charge in [0.1, 0.15) is 0 Å². The molecule has 1 aromatic carbocycles. The van der Waals surface area contributed by atoms with E-state index < -0.39 is 0 Å². The van der Waals surface area contributed by atoms with E-state index in [0.717, 1.165) is 11.4 Å². The Labute approximate surface area is 119 Å². The van der Waals surface area contributed by atoms with Crippen LogP contribution >= 0.6 is 0 Å². The maximum absolute atomic E-state index is 5.86. The van der Waals surface area contributed by atoms with Crippen molar-refractivity contribution < 1.29 is 0 Å². The summed E-state index contributed by atoms with van der Waals surface area (Å²) in [6.45, 7) is 2.30. The molecule has 2 aromatic rings. The van der Waals surface area contributed by atoms with Crippen molar-refractivity contribution in [3.05, 3.63) is 42.2 Å². The second kappa shape index (κ2) is 5.34. The molecule has 0 saturated heterocycles. The summed E-state index contributed by atoms with van der Waals surface area (Å²) in [7, 11) is 0. The molecule has 1 aliphatic rings. The smallest absolute Gasteiger partial charge is 0.0834 e. The standard InChI is InChI=1S/C15H21N5/c1-15(9-5-6-10-15)14(18-16)13-11-17-19-20(13)12-7-3-2-4-8-12/h2-4,7-8,11,14,18H,5-6,9-10,16H2,1H3. The molecule has 1 saturated carbocycles. The van der Waals surface area contributed by atoms with Gasteiger partial charge in [-0.25, -0.2) is 4.68 Å². The van der Waals surface area contributed by atoms with Crippen LogP contribution in [-0.2, 0) is 0 Å². The number of hydrogen-bond acceptors (Lipinski definition) is 4. The van der Waals surface area contributed by atoms with Gasteiger partial charge in [-0.2, -0.15) is 0 Å². The van der Waals surface area contributed by atoms with E-state index in [2.05, 4.69) is 22.7 Å². The number of rotatable bonds is 4. The van der Waals surface area contributed by atoms with Crippen molar-refractivity contribution in [2.45, 2.75) is 38.6 Å². The SMILES string of the molecule is CC1(C(NN)c2cnnn2-c2ccccc2)CCCC1. The molecule has 0 bridgehead atoms. The molecule has 0 radical (unpaired) electrons. The van der Waals surface area contributed by atoms with E-state index in [1.807, 2.05) is 41.2 Å². The van der Waals surface area contributed by atoms with Gasteiger partial charge in [0.05, 0.1) is 23.6 Å². The number of nitrogens with two attached hydrogens (primary N) is 1. The Hall–Kier alpha value is -1.72. The minimum Gasteiger partial charge on any atom is -0.271 e. The van der Waals surface area contributed by atoms with Gasteiger partial charge < -0.3 is 0 Å². The van der Waals surface area contributed by atoms with E-state index in [1.165, 1.54) is 25.7 Å². The van der Waals surface area contributed by atoms with Crippen LogP contribution in [0.5, 0.6) is 0 Å². The average molecular weight is 271 g/mol. The fourth-order valence-corrected chi connectivity index (χ4v) is 3.32. The number of para-hydroxylation sites is 1. The molecular weight excluding hydrogens is 250 g/mol. The lowest BCUT2D eigenvalue weighted by Gasteiger charge is -2.33. The Morgan fingerprint density at radius 1 is 1.25 bits per heavy atom. The van der Waals surface area contributed by atoms with Gasteiger partial charge in [-0.05, 0) is 30.4 Å². The molecule has 3 rings (SSSR count). The fourth-order valence-electron chi connectivity index (χ4n) is 3.32. The maximum Gasteiger partial charge on any atom is 0.0834 e. The van der Waals surface area contributed by atoms with E-state index >= 15 is 0 Å². The first-order valence-electron chi connectivity index (χ1n) is 7.17. The summed E-state index contributed by atoms with van der Waals surface area (Å²) in [6, 6.07) is 10.1. The monoisotopic (exact) mass is 271 g/mol. The van der Waals surface area contributed by atoms with E-state index in [0.29, 0.717) is 0 Å². The third-order valence-electron chi connectivity index (χ3n) is 4.48. The highest BCUT2D eigenvalue weighted by molar-refractivity contribution is 5.32. The van der Waals surface area contributed by atoms with Crippen molar-refractivity contribution in [1.82, 2.24) is 20.4 Å². The first-order chi connectivity index (χ1) is 9.74. The Bertz CT molecular complexity index is 557. The minimum absolute atomic E-state index is 0.0696. The Balaban J connectivity index is 2.00. The zero-order valence-corrected chi connectivity index (χ0v) is 11.8. The molecule has 1 fully saturated rings. The number of nitrogens with zero attached hydrogens (tertiary/aromatic N) is 3. The molecule has 0 amide bonds. The largest absolute Gasteiger partial charge is 0.271 e. The van der Waals surface area contributed by atoms with Gasteiger partial charge in [-0.1, -0.05) is 43.2 Å². The molecular formula is C15H21N5. The third-order valence-corrected chi connectivity index (χ3v) is 4.48. The van der Waals surface area contributed by atoms with Gasteiger partial charge in [0.15, 0.2) is 0 Å². The molecule has 1 unspecified atom stereocenters. The Morgan fingerprint density at radius 3 is 2.60 bits per heavy atom. The highest BCUT2D eigenvalue weighted by Gasteiger charge is 2.39. The lowest BCUT2D eigenvalue weighted by atomic mass is 9.79. The van der Waals surface area contributed by atoms with Gasteiger partial charge in [0.2, 0.25) is 0 Å². The Morgan fingerprint density at radius 2 is 1.95 bits per heavy atom. The van der Waals surface area contributed by atoms with Crippen molar-refractivity contribution in [1.29, 1.82) is 0 Å². The highest BCUT2D eigenvalue weighted by atomic mass is 15.4.